The van der Waals surface area contributed by atoms with Crippen molar-refractivity contribution in [3.05, 3.63) is 0 Å². The Morgan fingerprint density at radius 3 is 2.48 bits per heavy atom. The molecule has 5 nitrogen and oxygen atoms in total. The van der Waals surface area contributed by atoms with Gasteiger partial charge in [-0.25, -0.2) is 0 Å². The number of likely N-dealkylation sites (N-methyl/N-ethyl adjacent to an activating group) is 1. The van der Waals surface area contributed by atoms with Crippen LogP contribution in [-0.2, 0) is 9.59 Å². The van der Waals surface area contributed by atoms with Gasteiger partial charge in [-0.05, 0) is 58.1 Å². The van der Waals surface area contributed by atoms with Crippen LogP contribution in [0, 0.1) is 0 Å². The maximum absolute atomic E-state index is 12.3. The molecule has 1 saturated heterocycles. The van der Waals surface area contributed by atoms with E-state index in [9.17, 15) is 9.59 Å². The van der Waals surface area contributed by atoms with Crippen molar-refractivity contribution in [1.82, 2.24) is 15.1 Å². The predicted molar refractivity (Wildman–Crippen MR) is 97.7 cm³/mol. The summed E-state index contributed by atoms with van der Waals surface area (Å²) < 4.78 is 0. The predicted octanol–water partition coefficient (Wildman–Crippen LogP) is 1.97. The molecule has 1 aliphatic rings. The molecule has 0 unspecified atom stereocenters. The Morgan fingerprint density at radius 2 is 1.87 bits per heavy atom. The third-order valence-corrected chi connectivity index (χ3v) is 5.38. The molecule has 0 spiro atoms. The van der Waals surface area contributed by atoms with E-state index in [0.29, 0.717) is 12.6 Å². The lowest BCUT2D eigenvalue weighted by Gasteiger charge is -2.30. The number of carbonyl (C=O) groups is 2. The van der Waals surface area contributed by atoms with Gasteiger partial charge in [0.1, 0.15) is 6.04 Å². The summed E-state index contributed by atoms with van der Waals surface area (Å²) in [4.78, 5) is 28.4. The lowest BCUT2D eigenvalue weighted by atomic mass is 10.1. The minimum atomic E-state index is -0.431. The Kier molecular flexibility index (Phi) is 9.63. The Hall–Kier alpha value is -0.750. The monoisotopic (exact) mass is 343 g/mol. The molecule has 1 N–H and O–H groups in total. The number of carbonyl (C=O) groups excluding carboxylic acids is 2. The van der Waals surface area contributed by atoms with Crippen molar-refractivity contribution in [2.75, 3.05) is 38.2 Å². The van der Waals surface area contributed by atoms with Gasteiger partial charge in [0.25, 0.3) is 0 Å². The van der Waals surface area contributed by atoms with Crippen LogP contribution in [0.3, 0.4) is 0 Å². The lowest BCUT2D eigenvalue weighted by molar-refractivity contribution is -0.137. The molecule has 0 aromatic rings. The fourth-order valence-electron chi connectivity index (χ4n) is 2.74. The van der Waals surface area contributed by atoms with Gasteiger partial charge >= 0.3 is 0 Å². The van der Waals surface area contributed by atoms with Gasteiger partial charge in [0.05, 0.1) is 6.54 Å². The average molecular weight is 344 g/mol. The molecular weight excluding hydrogens is 310 g/mol. The van der Waals surface area contributed by atoms with Gasteiger partial charge in [-0.2, -0.15) is 11.8 Å². The Morgan fingerprint density at radius 1 is 1.22 bits per heavy atom. The molecule has 2 atom stereocenters. The van der Waals surface area contributed by atoms with Crippen molar-refractivity contribution in [3.8, 4) is 0 Å². The first-order chi connectivity index (χ1) is 11.0. The van der Waals surface area contributed by atoms with Crippen LogP contribution >= 0.6 is 11.8 Å². The van der Waals surface area contributed by atoms with E-state index < -0.39 is 6.04 Å². The van der Waals surface area contributed by atoms with Crippen molar-refractivity contribution >= 4 is 23.6 Å². The standard InChI is InChI=1S/C17H33N3O2S/c1-5-23-12-9-14(2)19(4)13-16(21)18-15(3)17(22)20-10-7-6-8-11-20/h14-15H,5-13H2,1-4H3,(H,18,21)/t14-,15+/m0/s1. The van der Waals surface area contributed by atoms with Gasteiger partial charge in [0.2, 0.25) is 11.8 Å². The summed E-state index contributed by atoms with van der Waals surface area (Å²) in [5, 5.41) is 2.85. The Bertz CT molecular complexity index is 373. The molecule has 2 amide bonds. The van der Waals surface area contributed by atoms with E-state index in [0.717, 1.165) is 43.9 Å². The van der Waals surface area contributed by atoms with E-state index in [1.807, 2.05) is 23.7 Å². The number of piperidine rings is 1. The normalized spacial score (nSPS) is 17.9. The van der Waals surface area contributed by atoms with Crippen molar-refractivity contribution < 1.29 is 9.59 Å². The number of thioether (sulfide) groups is 1. The van der Waals surface area contributed by atoms with Gasteiger partial charge in [0.15, 0.2) is 0 Å². The summed E-state index contributed by atoms with van der Waals surface area (Å²) in [7, 11) is 1.97. The summed E-state index contributed by atoms with van der Waals surface area (Å²) in [6.07, 6.45) is 4.42. The van der Waals surface area contributed by atoms with Crippen molar-refractivity contribution in [3.63, 3.8) is 0 Å². The Balaban J connectivity index is 2.32. The van der Waals surface area contributed by atoms with Crippen LogP contribution in [0.4, 0.5) is 0 Å². The molecular formula is C17H33N3O2S. The molecule has 1 heterocycles. The molecule has 0 bridgehead atoms. The highest BCUT2D eigenvalue weighted by molar-refractivity contribution is 7.99. The van der Waals surface area contributed by atoms with E-state index in [1.54, 1.807) is 6.92 Å². The van der Waals surface area contributed by atoms with Gasteiger partial charge in [-0.3, -0.25) is 14.5 Å². The summed E-state index contributed by atoms with van der Waals surface area (Å²) in [6, 6.07) is -0.0622. The van der Waals surface area contributed by atoms with Crippen LogP contribution in [0.2, 0.25) is 0 Å². The van der Waals surface area contributed by atoms with E-state index in [2.05, 4.69) is 24.1 Å². The van der Waals surface area contributed by atoms with E-state index >= 15 is 0 Å². The van der Waals surface area contributed by atoms with Crippen molar-refractivity contribution in [2.45, 2.75) is 58.5 Å². The van der Waals surface area contributed by atoms with E-state index in [4.69, 9.17) is 0 Å². The topological polar surface area (TPSA) is 52.7 Å². The van der Waals surface area contributed by atoms with Crippen LogP contribution in [0.25, 0.3) is 0 Å². The van der Waals surface area contributed by atoms with Crippen LogP contribution in [0.5, 0.6) is 0 Å². The van der Waals surface area contributed by atoms with Gasteiger partial charge < -0.3 is 10.2 Å². The quantitative estimate of drug-likeness (QED) is 0.650. The molecule has 1 aliphatic heterocycles. The first-order valence-electron chi connectivity index (χ1n) is 8.81. The molecule has 134 valence electrons. The second-order valence-corrected chi connectivity index (χ2v) is 7.82. The fourth-order valence-corrected chi connectivity index (χ4v) is 3.53. The minimum absolute atomic E-state index is 0.0492. The van der Waals surface area contributed by atoms with E-state index in [-0.39, 0.29) is 11.8 Å². The average Bonchev–Trinajstić information content (AvgIpc) is 2.54. The smallest absolute Gasteiger partial charge is 0.244 e. The van der Waals surface area contributed by atoms with Crippen LogP contribution in [0.1, 0.15) is 46.5 Å². The SMILES string of the molecule is CCSCC[C@H](C)N(C)CC(=O)N[C@H](C)C(=O)N1CCCCC1. The summed E-state index contributed by atoms with van der Waals surface area (Å²) in [5.41, 5.74) is 0. The summed E-state index contributed by atoms with van der Waals surface area (Å²) in [6.45, 7) is 8.08. The molecule has 23 heavy (non-hydrogen) atoms. The fraction of sp³-hybridized carbons (Fsp3) is 0.882. The molecule has 0 aromatic carbocycles. The zero-order valence-corrected chi connectivity index (χ0v) is 16.0. The molecule has 6 heteroatoms. The molecule has 0 radical (unpaired) electrons. The van der Waals surface area contributed by atoms with Gasteiger partial charge in [0, 0.05) is 19.1 Å². The molecule has 0 aliphatic carbocycles. The number of hydrogen-bond acceptors (Lipinski definition) is 4. The summed E-state index contributed by atoms with van der Waals surface area (Å²) in [5.74, 6) is 2.23. The molecule has 1 rings (SSSR count). The van der Waals surface area contributed by atoms with E-state index in [1.165, 1.54) is 6.42 Å². The number of rotatable bonds is 9. The van der Waals surface area contributed by atoms with Gasteiger partial charge in [-0.15, -0.1) is 0 Å². The van der Waals surface area contributed by atoms with Crippen LogP contribution < -0.4 is 5.32 Å². The second-order valence-electron chi connectivity index (χ2n) is 6.42. The molecule has 0 saturated carbocycles. The van der Waals surface area contributed by atoms with Crippen molar-refractivity contribution in [1.29, 1.82) is 0 Å². The highest BCUT2D eigenvalue weighted by atomic mass is 32.2. The first-order valence-corrected chi connectivity index (χ1v) is 9.97. The third-order valence-electron chi connectivity index (χ3n) is 4.45. The number of likely N-dealkylation sites (tertiary alicyclic amines) is 1. The number of nitrogens with one attached hydrogen (secondary N) is 1. The maximum Gasteiger partial charge on any atom is 0.244 e. The zero-order valence-electron chi connectivity index (χ0n) is 15.1. The zero-order chi connectivity index (χ0) is 17.2. The maximum atomic E-state index is 12.3. The van der Waals surface area contributed by atoms with Crippen LogP contribution in [0.15, 0.2) is 0 Å². The minimum Gasteiger partial charge on any atom is -0.343 e. The number of hydrogen-bond donors (Lipinski definition) is 1. The lowest BCUT2D eigenvalue weighted by Crippen LogP contribution is -2.50. The molecule has 0 aromatic heterocycles. The van der Waals surface area contributed by atoms with Crippen molar-refractivity contribution in [2.24, 2.45) is 0 Å². The highest BCUT2D eigenvalue weighted by Crippen LogP contribution is 2.10. The van der Waals surface area contributed by atoms with Crippen LogP contribution in [-0.4, -0.2) is 71.9 Å². The number of nitrogens with zero attached hydrogens (tertiary/aromatic N) is 2. The Labute approximate surface area is 145 Å². The largest absolute Gasteiger partial charge is 0.343 e. The molecule has 1 fully saturated rings. The second kappa shape index (κ2) is 10.9. The van der Waals surface area contributed by atoms with Gasteiger partial charge in [-0.1, -0.05) is 6.92 Å². The highest BCUT2D eigenvalue weighted by Gasteiger charge is 2.24. The first kappa shape index (κ1) is 20.3. The third kappa shape index (κ3) is 7.57. The number of amides is 2. The summed E-state index contributed by atoms with van der Waals surface area (Å²) >= 11 is 1.93.